The highest BCUT2D eigenvalue weighted by atomic mass is 16.2. The third-order valence-corrected chi connectivity index (χ3v) is 2.50. The van der Waals surface area contributed by atoms with Crippen molar-refractivity contribution in [3.63, 3.8) is 0 Å². The first kappa shape index (κ1) is 10.6. The summed E-state index contributed by atoms with van der Waals surface area (Å²) in [4.78, 5) is 27.6. The van der Waals surface area contributed by atoms with Crippen LogP contribution in [0.3, 0.4) is 0 Å². The molecule has 0 fully saturated rings. The van der Waals surface area contributed by atoms with Crippen molar-refractivity contribution in [3.05, 3.63) is 44.9 Å². The van der Waals surface area contributed by atoms with Gasteiger partial charge >= 0.3 is 11.4 Å². The van der Waals surface area contributed by atoms with Crippen LogP contribution in [0.4, 0.5) is 0 Å². The van der Waals surface area contributed by atoms with Crippen LogP contribution in [0.5, 0.6) is 0 Å². The Kier molecular flexibility index (Phi) is 2.38. The van der Waals surface area contributed by atoms with Crippen LogP contribution in [0.1, 0.15) is 25.5 Å². The summed E-state index contributed by atoms with van der Waals surface area (Å²) in [7, 11) is 0. The van der Waals surface area contributed by atoms with Crippen LogP contribution in [0.2, 0.25) is 0 Å². The van der Waals surface area contributed by atoms with E-state index in [0.29, 0.717) is 5.65 Å². The number of fused-ring (bicyclic) bond motifs is 1. The quantitative estimate of drug-likeness (QED) is 0.711. The topological polar surface area (TPSA) is 56.4 Å². The molecule has 5 heteroatoms. The number of hydrogen-bond donors (Lipinski definition) is 0. The van der Waals surface area contributed by atoms with Gasteiger partial charge in [-0.05, 0) is 32.4 Å². The Labute approximate surface area is 92.0 Å². The molecule has 0 amide bonds. The molecule has 0 saturated heterocycles. The molecule has 84 valence electrons. The average molecular weight is 219 g/mol. The van der Waals surface area contributed by atoms with Gasteiger partial charge in [0.15, 0.2) is 0 Å². The maximum Gasteiger partial charge on any atom is 0.353 e. The SMILES string of the molecule is Cc1cccn2c(=O)n(C(C)C)c(=O)nc12. The van der Waals surface area contributed by atoms with Crippen molar-refractivity contribution in [3.8, 4) is 0 Å². The summed E-state index contributed by atoms with van der Waals surface area (Å²) in [6.07, 6.45) is 1.62. The maximum absolute atomic E-state index is 12.0. The molecule has 0 unspecified atom stereocenters. The lowest BCUT2D eigenvalue weighted by molar-refractivity contribution is 0.525. The van der Waals surface area contributed by atoms with E-state index in [4.69, 9.17) is 0 Å². The van der Waals surface area contributed by atoms with Gasteiger partial charge in [0, 0.05) is 12.2 Å². The van der Waals surface area contributed by atoms with E-state index in [1.54, 1.807) is 26.1 Å². The van der Waals surface area contributed by atoms with E-state index in [1.807, 2.05) is 13.0 Å². The van der Waals surface area contributed by atoms with Gasteiger partial charge in [0.1, 0.15) is 5.65 Å². The molecule has 0 saturated carbocycles. The average Bonchev–Trinajstić information content (AvgIpc) is 2.19. The van der Waals surface area contributed by atoms with Crippen LogP contribution in [0.15, 0.2) is 27.9 Å². The highest BCUT2D eigenvalue weighted by molar-refractivity contribution is 5.45. The number of rotatable bonds is 1. The van der Waals surface area contributed by atoms with Gasteiger partial charge in [0.05, 0.1) is 0 Å². The van der Waals surface area contributed by atoms with Crippen LogP contribution >= 0.6 is 0 Å². The summed E-state index contributed by atoms with van der Waals surface area (Å²) in [6, 6.07) is 3.39. The van der Waals surface area contributed by atoms with Gasteiger partial charge in [-0.3, -0.25) is 4.40 Å². The third-order valence-electron chi connectivity index (χ3n) is 2.50. The molecule has 0 N–H and O–H groups in total. The van der Waals surface area contributed by atoms with E-state index in [9.17, 15) is 9.59 Å². The highest BCUT2D eigenvalue weighted by Gasteiger charge is 2.10. The summed E-state index contributed by atoms with van der Waals surface area (Å²) < 4.78 is 2.54. The Balaban J connectivity index is 3.01. The third kappa shape index (κ3) is 1.44. The number of aromatic nitrogens is 3. The van der Waals surface area contributed by atoms with Crippen molar-refractivity contribution < 1.29 is 0 Å². The van der Waals surface area contributed by atoms with Crippen molar-refractivity contribution in [2.45, 2.75) is 26.8 Å². The zero-order valence-corrected chi connectivity index (χ0v) is 9.47. The van der Waals surface area contributed by atoms with Gasteiger partial charge in [-0.25, -0.2) is 14.2 Å². The first-order chi connectivity index (χ1) is 7.52. The highest BCUT2D eigenvalue weighted by Crippen LogP contribution is 2.03. The van der Waals surface area contributed by atoms with Crippen molar-refractivity contribution in [2.24, 2.45) is 0 Å². The number of aryl methyl sites for hydroxylation is 1. The zero-order valence-electron chi connectivity index (χ0n) is 9.47. The van der Waals surface area contributed by atoms with Gasteiger partial charge in [-0.1, -0.05) is 6.07 Å². The second kappa shape index (κ2) is 3.59. The molecular formula is C11H13N3O2. The molecule has 5 nitrogen and oxygen atoms in total. The predicted octanol–water partition coefficient (Wildman–Crippen LogP) is 0.746. The van der Waals surface area contributed by atoms with Crippen LogP contribution < -0.4 is 11.4 Å². The summed E-state index contributed by atoms with van der Waals surface area (Å²) in [5.41, 5.74) is 0.407. The Bertz CT molecular complexity index is 652. The van der Waals surface area contributed by atoms with Gasteiger partial charge in [0.2, 0.25) is 0 Å². The molecule has 2 rings (SSSR count). The molecule has 0 aliphatic carbocycles. The monoisotopic (exact) mass is 219 g/mol. The van der Waals surface area contributed by atoms with Crippen LogP contribution in [-0.2, 0) is 0 Å². The normalized spacial score (nSPS) is 11.2. The molecule has 0 aliphatic heterocycles. The lowest BCUT2D eigenvalue weighted by Gasteiger charge is -2.10. The van der Waals surface area contributed by atoms with Crippen LogP contribution in [0, 0.1) is 6.92 Å². The van der Waals surface area contributed by atoms with Crippen molar-refractivity contribution in [1.29, 1.82) is 0 Å². The Morgan fingerprint density at radius 3 is 2.62 bits per heavy atom. The first-order valence-electron chi connectivity index (χ1n) is 5.13. The van der Waals surface area contributed by atoms with E-state index >= 15 is 0 Å². The summed E-state index contributed by atoms with van der Waals surface area (Å²) in [5.74, 6) is 0. The van der Waals surface area contributed by atoms with Gasteiger partial charge in [-0.2, -0.15) is 4.98 Å². The maximum atomic E-state index is 12.0. The van der Waals surface area contributed by atoms with Crippen molar-refractivity contribution in [2.75, 3.05) is 0 Å². The van der Waals surface area contributed by atoms with Gasteiger partial charge in [0.25, 0.3) is 0 Å². The van der Waals surface area contributed by atoms with E-state index in [2.05, 4.69) is 4.98 Å². The minimum absolute atomic E-state index is 0.190. The number of pyridine rings is 1. The molecule has 0 aromatic carbocycles. The first-order valence-corrected chi connectivity index (χ1v) is 5.13. The molecule has 0 aliphatic rings. The van der Waals surface area contributed by atoms with Crippen molar-refractivity contribution in [1.82, 2.24) is 14.0 Å². The molecular weight excluding hydrogens is 206 g/mol. The van der Waals surface area contributed by atoms with Gasteiger partial charge in [-0.15, -0.1) is 0 Å². The second-order valence-corrected chi connectivity index (χ2v) is 4.03. The standard InChI is InChI=1S/C11H13N3O2/c1-7(2)14-10(15)12-9-8(3)5-4-6-13(9)11(14)16/h4-7H,1-3H3. The summed E-state index contributed by atoms with van der Waals surface area (Å²) in [6.45, 7) is 5.39. The molecule has 0 spiro atoms. The van der Waals surface area contributed by atoms with Gasteiger partial charge < -0.3 is 0 Å². The lowest BCUT2D eigenvalue weighted by atomic mass is 10.3. The fourth-order valence-corrected chi connectivity index (χ4v) is 1.69. The molecule has 2 heterocycles. The number of nitrogens with zero attached hydrogens (tertiary/aromatic N) is 3. The zero-order chi connectivity index (χ0) is 11.9. The van der Waals surface area contributed by atoms with E-state index in [1.165, 1.54) is 4.40 Å². The van der Waals surface area contributed by atoms with Crippen LogP contribution in [0.25, 0.3) is 5.65 Å². The second-order valence-electron chi connectivity index (χ2n) is 4.03. The summed E-state index contributed by atoms with van der Waals surface area (Å²) >= 11 is 0. The largest absolute Gasteiger partial charge is 0.353 e. The van der Waals surface area contributed by atoms with Crippen LogP contribution in [-0.4, -0.2) is 14.0 Å². The molecule has 2 aromatic heterocycles. The van der Waals surface area contributed by atoms with E-state index < -0.39 is 5.69 Å². The molecule has 0 radical (unpaired) electrons. The Morgan fingerprint density at radius 2 is 2.00 bits per heavy atom. The van der Waals surface area contributed by atoms with Crippen molar-refractivity contribution >= 4 is 5.65 Å². The minimum atomic E-state index is -0.491. The van der Waals surface area contributed by atoms with E-state index in [0.717, 1.165) is 10.1 Å². The fourth-order valence-electron chi connectivity index (χ4n) is 1.69. The molecule has 2 aromatic rings. The number of hydrogen-bond acceptors (Lipinski definition) is 3. The molecule has 0 bridgehead atoms. The molecule has 0 atom stereocenters. The molecule has 16 heavy (non-hydrogen) atoms. The fraction of sp³-hybridized carbons (Fsp3) is 0.364. The lowest BCUT2D eigenvalue weighted by Crippen LogP contribution is -2.40. The minimum Gasteiger partial charge on any atom is -0.252 e. The smallest absolute Gasteiger partial charge is 0.252 e. The predicted molar refractivity (Wildman–Crippen MR) is 60.8 cm³/mol. The Morgan fingerprint density at radius 1 is 1.31 bits per heavy atom. The summed E-state index contributed by atoms with van der Waals surface area (Å²) in [5, 5.41) is 0. The van der Waals surface area contributed by atoms with E-state index in [-0.39, 0.29) is 11.7 Å². The Hall–Kier alpha value is -1.91.